The SMILES string of the molecule is CCCNC(CCc1nccn1C)C1C2CCCC21. The summed E-state index contributed by atoms with van der Waals surface area (Å²) in [4.78, 5) is 4.46. The molecule has 1 aromatic heterocycles. The van der Waals surface area contributed by atoms with Gasteiger partial charge in [-0.25, -0.2) is 4.98 Å². The van der Waals surface area contributed by atoms with Crippen LogP contribution < -0.4 is 5.32 Å². The number of aromatic nitrogens is 2. The van der Waals surface area contributed by atoms with Crippen LogP contribution >= 0.6 is 0 Å². The van der Waals surface area contributed by atoms with Gasteiger partial charge in [0.2, 0.25) is 0 Å². The van der Waals surface area contributed by atoms with Crippen LogP contribution in [0, 0.1) is 17.8 Å². The van der Waals surface area contributed by atoms with Crippen molar-refractivity contribution in [3.63, 3.8) is 0 Å². The monoisotopic (exact) mass is 261 g/mol. The first-order valence-corrected chi connectivity index (χ1v) is 8.01. The molecule has 3 rings (SSSR count). The van der Waals surface area contributed by atoms with Crippen LogP contribution in [0.4, 0.5) is 0 Å². The van der Waals surface area contributed by atoms with Gasteiger partial charge < -0.3 is 9.88 Å². The molecule has 19 heavy (non-hydrogen) atoms. The van der Waals surface area contributed by atoms with Crippen molar-refractivity contribution in [2.75, 3.05) is 6.54 Å². The van der Waals surface area contributed by atoms with Gasteiger partial charge in [-0.3, -0.25) is 0 Å². The molecule has 3 unspecified atom stereocenters. The second-order valence-electron chi connectivity index (χ2n) is 6.39. The number of imidazole rings is 1. The van der Waals surface area contributed by atoms with Gasteiger partial charge in [-0.15, -0.1) is 0 Å². The third-order valence-electron chi connectivity index (χ3n) is 5.19. The van der Waals surface area contributed by atoms with Gasteiger partial charge in [0.1, 0.15) is 5.82 Å². The first kappa shape index (κ1) is 13.2. The van der Waals surface area contributed by atoms with E-state index in [1.165, 1.54) is 44.5 Å². The molecule has 3 heteroatoms. The fourth-order valence-electron chi connectivity index (χ4n) is 4.16. The standard InChI is InChI=1S/C16H27N3/c1-3-9-17-14(16-12-5-4-6-13(12)16)7-8-15-18-10-11-19(15)2/h10-14,16-17H,3-9H2,1-2H3. The maximum atomic E-state index is 4.46. The Morgan fingerprint density at radius 3 is 2.84 bits per heavy atom. The van der Waals surface area contributed by atoms with Gasteiger partial charge >= 0.3 is 0 Å². The summed E-state index contributed by atoms with van der Waals surface area (Å²) < 4.78 is 2.16. The van der Waals surface area contributed by atoms with Gasteiger partial charge in [-0.2, -0.15) is 0 Å². The Bertz CT molecular complexity index is 402. The van der Waals surface area contributed by atoms with E-state index in [9.17, 15) is 0 Å². The van der Waals surface area contributed by atoms with E-state index in [1.807, 2.05) is 6.20 Å². The molecule has 0 saturated heterocycles. The first-order chi connectivity index (χ1) is 9.31. The number of rotatable bonds is 7. The second-order valence-corrected chi connectivity index (χ2v) is 6.39. The van der Waals surface area contributed by atoms with Gasteiger partial charge in [-0.1, -0.05) is 13.3 Å². The maximum absolute atomic E-state index is 4.46. The molecular formula is C16H27N3. The summed E-state index contributed by atoms with van der Waals surface area (Å²) in [6.07, 6.45) is 12.0. The second kappa shape index (κ2) is 5.66. The average Bonchev–Trinajstić information content (AvgIpc) is 2.80. The summed E-state index contributed by atoms with van der Waals surface area (Å²) in [6, 6.07) is 0.729. The molecule has 2 fully saturated rings. The number of aryl methyl sites for hydroxylation is 2. The molecule has 2 aliphatic carbocycles. The highest BCUT2D eigenvalue weighted by atomic mass is 15.0. The lowest BCUT2D eigenvalue weighted by Crippen LogP contribution is -2.34. The molecule has 0 aliphatic heterocycles. The summed E-state index contributed by atoms with van der Waals surface area (Å²) >= 11 is 0. The number of fused-ring (bicyclic) bond motifs is 1. The minimum Gasteiger partial charge on any atom is -0.338 e. The van der Waals surface area contributed by atoms with Crippen molar-refractivity contribution in [2.24, 2.45) is 24.8 Å². The molecule has 2 saturated carbocycles. The van der Waals surface area contributed by atoms with Crippen molar-refractivity contribution in [3.05, 3.63) is 18.2 Å². The number of nitrogens with one attached hydrogen (secondary N) is 1. The number of nitrogens with zero attached hydrogens (tertiary/aromatic N) is 2. The zero-order chi connectivity index (χ0) is 13.2. The minimum atomic E-state index is 0.729. The third kappa shape index (κ3) is 2.71. The Hall–Kier alpha value is -0.830. The van der Waals surface area contributed by atoms with Gasteiger partial charge in [0.15, 0.2) is 0 Å². The Morgan fingerprint density at radius 1 is 1.42 bits per heavy atom. The van der Waals surface area contributed by atoms with Crippen LogP contribution in [0.3, 0.4) is 0 Å². The molecule has 106 valence electrons. The van der Waals surface area contributed by atoms with Crippen LogP contribution in [0.15, 0.2) is 12.4 Å². The predicted octanol–water partition coefficient (Wildman–Crippen LogP) is 2.77. The summed E-state index contributed by atoms with van der Waals surface area (Å²) in [6.45, 7) is 3.43. The molecule has 0 aromatic carbocycles. The molecular weight excluding hydrogens is 234 g/mol. The molecule has 1 aromatic rings. The van der Waals surface area contributed by atoms with E-state index in [4.69, 9.17) is 0 Å². The zero-order valence-corrected chi connectivity index (χ0v) is 12.3. The van der Waals surface area contributed by atoms with Gasteiger partial charge in [0.05, 0.1) is 0 Å². The summed E-state index contributed by atoms with van der Waals surface area (Å²) in [5.74, 6) is 4.31. The molecule has 3 atom stereocenters. The lowest BCUT2D eigenvalue weighted by Gasteiger charge is -2.20. The van der Waals surface area contributed by atoms with E-state index >= 15 is 0 Å². The molecule has 3 nitrogen and oxygen atoms in total. The van der Waals surface area contributed by atoms with E-state index in [1.54, 1.807) is 0 Å². The van der Waals surface area contributed by atoms with Crippen LogP contribution in [0.1, 0.15) is 44.9 Å². The van der Waals surface area contributed by atoms with E-state index < -0.39 is 0 Å². The van der Waals surface area contributed by atoms with Gasteiger partial charge in [-0.05, 0) is 50.0 Å². The Kier molecular flexibility index (Phi) is 3.92. The minimum absolute atomic E-state index is 0.729. The quantitative estimate of drug-likeness (QED) is 0.818. The maximum Gasteiger partial charge on any atom is 0.108 e. The van der Waals surface area contributed by atoms with E-state index in [2.05, 4.69) is 35.0 Å². The van der Waals surface area contributed by atoms with Crippen molar-refractivity contribution in [1.29, 1.82) is 0 Å². The fraction of sp³-hybridized carbons (Fsp3) is 0.812. The summed E-state index contributed by atoms with van der Waals surface area (Å²) in [5.41, 5.74) is 0. The van der Waals surface area contributed by atoms with Crippen molar-refractivity contribution in [1.82, 2.24) is 14.9 Å². The molecule has 0 amide bonds. The van der Waals surface area contributed by atoms with E-state index in [-0.39, 0.29) is 0 Å². The number of hydrogen-bond acceptors (Lipinski definition) is 2. The highest BCUT2D eigenvalue weighted by molar-refractivity contribution is 5.07. The Balaban J connectivity index is 1.55. The number of hydrogen-bond donors (Lipinski definition) is 1. The largest absolute Gasteiger partial charge is 0.338 e. The Morgan fingerprint density at radius 2 is 2.21 bits per heavy atom. The predicted molar refractivity (Wildman–Crippen MR) is 77.9 cm³/mol. The van der Waals surface area contributed by atoms with Crippen LogP contribution in [0.25, 0.3) is 0 Å². The van der Waals surface area contributed by atoms with Crippen molar-refractivity contribution >= 4 is 0 Å². The molecule has 1 N–H and O–H groups in total. The molecule has 0 radical (unpaired) electrons. The lowest BCUT2D eigenvalue weighted by atomic mass is 9.99. The van der Waals surface area contributed by atoms with Crippen molar-refractivity contribution in [3.8, 4) is 0 Å². The molecule has 2 aliphatic rings. The lowest BCUT2D eigenvalue weighted by molar-refractivity contribution is 0.382. The summed E-state index contributed by atoms with van der Waals surface area (Å²) in [7, 11) is 2.10. The highest BCUT2D eigenvalue weighted by Crippen LogP contribution is 2.59. The van der Waals surface area contributed by atoms with E-state index in [0.717, 1.165) is 30.2 Å². The van der Waals surface area contributed by atoms with Crippen molar-refractivity contribution in [2.45, 2.75) is 51.5 Å². The smallest absolute Gasteiger partial charge is 0.108 e. The molecule has 0 bridgehead atoms. The fourth-order valence-corrected chi connectivity index (χ4v) is 4.16. The zero-order valence-electron chi connectivity index (χ0n) is 12.3. The van der Waals surface area contributed by atoms with Crippen LogP contribution in [0.2, 0.25) is 0 Å². The summed E-state index contributed by atoms with van der Waals surface area (Å²) in [5, 5.41) is 3.80. The van der Waals surface area contributed by atoms with Crippen LogP contribution in [-0.4, -0.2) is 22.1 Å². The topological polar surface area (TPSA) is 29.9 Å². The highest BCUT2D eigenvalue weighted by Gasteiger charge is 2.55. The van der Waals surface area contributed by atoms with Crippen LogP contribution in [-0.2, 0) is 13.5 Å². The Labute approximate surface area is 116 Å². The van der Waals surface area contributed by atoms with E-state index in [0.29, 0.717) is 0 Å². The molecule has 0 spiro atoms. The average molecular weight is 261 g/mol. The first-order valence-electron chi connectivity index (χ1n) is 8.01. The van der Waals surface area contributed by atoms with Crippen LogP contribution in [0.5, 0.6) is 0 Å². The van der Waals surface area contributed by atoms with Gasteiger partial charge in [0, 0.05) is 31.9 Å². The molecule has 1 heterocycles. The third-order valence-corrected chi connectivity index (χ3v) is 5.19. The van der Waals surface area contributed by atoms with Crippen molar-refractivity contribution < 1.29 is 0 Å². The normalized spacial score (nSPS) is 30.3. The van der Waals surface area contributed by atoms with Gasteiger partial charge in [0.25, 0.3) is 0 Å².